The Bertz CT molecular complexity index is 469. The molecule has 1 heterocycles. The number of nitrogens with two attached hydrogens (primary N) is 1. The lowest BCUT2D eigenvalue weighted by Crippen LogP contribution is -2.24. The van der Waals surface area contributed by atoms with Crippen LogP contribution in [0.15, 0.2) is 18.2 Å². The number of unbranched alkanes of at least 4 members (excludes halogenated alkanes) is 1. The Morgan fingerprint density at radius 2 is 2.21 bits per heavy atom. The molecule has 19 heavy (non-hydrogen) atoms. The second kappa shape index (κ2) is 5.51. The third-order valence-electron chi connectivity index (χ3n) is 3.15. The summed E-state index contributed by atoms with van der Waals surface area (Å²) in [6, 6.07) is 6.05. The topological polar surface area (TPSA) is 68.3 Å². The highest BCUT2D eigenvalue weighted by Gasteiger charge is 2.32. The van der Waals surface area contributed by atoms with E-state index < -0.39 is 0 Å². The first-order valence-corrected chi connectivity index (χ1v) is 6.74. The molecule has 3 N–H and O–H groups in total. The third kappa shape index (κ3) is 3.63. The summed E-state index contributed by atoms with van der Waals surface area (Å²) in [5.41, 5.74) is 6.38. The first kappa shape index (κ1) is 13.7. The molecule has 2 rings (SSSR count). The molecule has 0 saturated heterocycles. The van der Waals surface area contributed by atoms with Crippen molar-refractivity contribution in [1.82, 2.24) is 0 Å². The fourth-order valence-electron chi connectivity index (χ4n) is 2.30. The zero-order valence-corrected chi connectivity index (χ0v) is 11.7. The van der Waals surface area contributed by atoms with Gasteiger partial charge in [-0.05, 0) is 32.8 Å². The minimum absolute atomic E-state index is 0.142. The number of hydrogen-bond acceptors (Lipinski definition) is 3. The average molecular weight is 262 g/mol. The average Bonchev–Trinajstić information content (AvgIpc) is 2.63. The van der Waals surface area contributed by atoms with Crippen molar-refractivity contribution in [1.29, 1.82) is 5.41 Å². The highest BCUT2D eigenvalue weighted by atomic mass is 16.5. The summed E-state index contributed by atoms with van der Waals surface area (Å²) in [4.78, 5) is 0. The Hall–Kier alpha value is -1.71. The lowest BCUT2D eigenvalue weighted by molar-refractivity contribution is 0.132. The molecule has 0 amide bonds. The molecule has 0 atom stereocenters. The van der Waals surface area contributed by atoms with Crippen LogP contribution in [-0.4, -0.2) is 18.0 Å². The quantitative estimate of drug-likeness (QED) is 0.470. The summed E-state index contributed by atoms with van der Waals surface area (Å²) in [6.45, 7) is 4.81. The molecular weight excluding hydrogens is 240 g/mol. The summed E-state index contributed by atoms with van der Waals surface area (Å²) >= 11 is 0. The van der Waals surface area contributed by atoms with E-state index in [1.54, 1.807) is 0 Å². The van der Waals surface area contributed by atoms with E-state index >= 15 is 0 Å². The van der Waals surface area contributed by atoms with Gasteiger partial charge in [0.15, 0.2) is 11.5 Å². The van der Waals surface area contributed by atoms with E-state index in [0.29, 0.717) is 13.0 Å². The minimum Gasteiger partial charge on any atom is -0.490 e. The maximum Gasteiger partial charge on any atom is 0.165 e. The molecule has 1 aliphatic rings. The normalized spacial score (nSPS) is 15.7. The summed E-state index contributed by atoms with van der Waals surface area (Å²) in [5, 5.41) is 7.15. The fourth-order valence-corrected chi connectivity index (χ4v) is 2.30. The van der Waals surface area contributed by atoms with Crippen LogP contribution in [0.25, 0.3) is 0 Å². The highest BCUT2D eigenvalue weighted by Crippen LogP contribution is 2.41. The van der Waals surface area contributed by atoms with Gasteiger partial charge in [0.05, 0.1) is 12.4 Å². The molecule has 0 spiro atoms. The molecule has 0 fully saturated rings. The van der Waals surface area contributed by atoms with Gasteiger partial charge in [-0.15, -0.1) is 0 Å². The van der Waals surface area contributed by atoms with E-state index in [1.165, 1.54) is 5.56 Å². The van der Waals surface area contributed by atoms with E-state index in [4.69, 9.17) is 20.6 Å². The maximum absolute atomic E-state index is 7.15. The van der Waals surface area contributed by atoms with Gasteiger partial charge in [0.25, 0.3) is 0 Å². The highest BCUT2D eigenvalue weighted by molar-refractivity contribution is 5.76. The molecule has 104 valence electrons. The zero-order valence-electron chi connectivity index (χ0n) is 11.7. The van der Waals surface area contributed by atoms with Gasteiger partial charge in [-0.25, -0.2) is 0 Å². The van der Waals surface area contributed by atoms with E-state index in [0.717, 1.165) is 30.8 Å². The van der Waals surface area contributed by atoms with Crippen LogP contribution in [0, 0.1) is 5.41 Å². The number of hydrogen-bond donors (Lipinski definition) is 2. The van der Waals surface area contributed by atoms with E-state index in [1.807, 2.05) is 12.1 Å². The first-order chi connectivity index (χ1) is 8.98. The molecule has 0 aromatic heterocycles. The van der Waals surface area contributed by atoms with Crippen molar-refractivity contribution in [2.45, 2.75) is 45.1 Å². The van der Waals surface area contributed by atoms with Gasteiger partial charge in [0, 0.05) is 18.4 Å². The number of nitrogens with one attached hydrogen (secondary N) is 1. The smallest absolute Gasteiger partial charge is 0.165 e. The van der Waals surface area contributed by atoms with Crippen LogP contribution in [0.2, 0.25) is 0 Å². The Morgan fingerprint density at radius 1 is 1.42 bits per heavy atom. The van der Waals surface area contributed by atoms with Crippen molar-refractivity contribution in [3.05, 3.63) is 23.8 Å². The van der Waals surface area contributed by atoms with Crippen molar-refractivity contribution in [3.8, 4) is 11.5 Å². The lowest BCUT2D eigenvalue weighted by Gasteiger charge is -2.18. The van der Waals surface area contributed by atoms with Crippen molar-refractivity contribution in [3.63, 3.8) is 0 Å². The Labute approximate surface area is 114 Å². The molecule has 4 nitrogen and oxygen atoms in total. The monoisotopic (exact) mass is 262 g/mol. The Kier molecular flexibility index (Phi) is 3.98. The van der Waals surface area contributed by atoms with Crippen LogP contribution in [0.4, 0.5) is 0 Å². The van der Waals surface area contributed by atoms with Gasteiger partial charge in [0.1, 0.15) is 5.60 Å². The molecular formula is C15H22N2O2. The van der Waals surface area contributed by atoms with Crippen LogP contribution in [-0.2, 0) is 6.42 Å². The van der Waals surface area contributed by atoms with Crippen LogP contribution < -0.4 is 15.2 Å². The predicted molar refractivity (Wildman–Crippen MR) is 76.1 cm³/mol. The second-order valence-corrected chi connectivity index (χ2v) is 5.61. The zero-order chi connectivity index (χ0) is 13.9. The molecule has 0 radical (unpaired) electrons. The van der Waals surface area contributed by atoms with Crippen LogP contribution in [0.1, 0.15) is 38.7 Å². The van der Waals surface area contributed by atoms with Gasteiger partial charge >= 0.3 is 0 Å². The van der Waals surface area contributed by atoms with Crippen molar-refractivity contribution in [2.75, 3.05) is 6.61 Å². The van der Waals surface area contributed by atoms with Crippen molar-refractivity contribution in [2.24, 2.45) is 5.73 Å². The standard InChI is InChI=1S/C15H22N2O2/c1-15(2)10-11-6-5-7-12(14(11)19-15)18-9-4-3-8-13(16)17/h5-7H,3-4,8-10H2,1-2H3,(H3,16,17). The summed E-state index contributed by atoms with van der Waals surface area (Å²) in [7, 11) is 0. The summed E-state index contributed by atoms with van der Waals surface area (Å²) in [5.74, 6) is 1.95. The number of fused-ring (bicyclic) bond motifs is 1. The number of para-hydroxylation sites is 1. The van der Waals surface area contributed by atoms with Gasteiger partial charge in [-0.2, -0.15) is 0 Å². The molecule has 0 saturated carbocycles. The molecule has 0 unspecified atom stereocenters. The molecule has 0 bridgehead atoms. The molecule has 1 aromatic rings. The third-order valence-corrected chi connectivity index (χ3v) is 3.15. The summed E-state index contributed by atoms with van der Waals surface area (Å²) in [6.07, 6.45) is 3.34. The molecule has 1 aliphatic heterocycles. The van der Waals surface area contributed by atoms with Crippen LogP contribution >= 0.6 is 0 Å². The Balaban J connectivity index is 1.89. The van der Waals surface area contributed by atoms with Crippen LogP contribution in [0.5, 0.6) is 11.5 Å². The Morgan fingerprint density at radius 3 is 2.95 bits per heavy atom. The van der Waals surface area contributed by atoms with E-state index in [9.17, 15) is 0 Å². The number of rotatable bonds is 6. The van der Waals surface area contributed by atoms with Crippen molar-refractivity contribution < 1.29 is 9.47 Å². The second-order valence-electron chi connectivity index (χ2n) is 5.61. The van der Waals surface area contributed by atoms with Crippen molar-refractivity contribution >= 4 is 5.84 Å². The number of benzene rings is 1. The fraction of sp³-hybridized carbons (Fsp3) is 0.533. The maximum atomic E-state index is 7.15. The van der Waals surface area contributed by atoms with Gasteiger partial charge in [-0.1, -0.05) is 12.1 Å². The first-order valence-electron chi connectivity index (χ1n) is 6.74. The minimum atomic E-state index is -0.142. The largest absolute Gasteiger partial charge is 0.490 e. The van der Waals surface area contributed by atoms with Gasteiger partial charge in [0.2, 0.25) is 0 Å². The van der Waals surface area contributed by atoms with E-state index in [-0.39, 0.29) is 11.4 Å². The molecule has 0 aliphatic carbocycles. The number of amidine groups is 1. The molecule has 1 aromatic carbocycles. The predicted octanol–water partition coefficient (Wildman–Crippen LogP) is 2.89. The molecule has 4 heteroatoms. The lowest BCUT2D eigenvalue weighted by atomic mass is 10.0. The van der Waals surface area contributed by atoms with Gasteiger partial charge in [-0.3, -0.25) is 5.41 Å². The SMILES string of the molecule is CC1(C)Cc2cccc(OCCCCC(=N)N)c2O1. The summed E-state index contributed by atoms with van der Waals surface area (Å²) < 4.78 is 11.7. The van der Waals surface area contributed by atoms with Gasteiger partial charge < -0.3 is 15.2 Å². The van der Waals surface area contributed by atoms with E-state index in [2.05, 4.69) is 19.9 Å². The number of ether oxygens (including phenoxy) is 2. The van der Waals surface area contributed by atoms with Crippen LogP contribution in [0.3, 0.4) is 0 Å².